The molecule has 9 heteroatoms. The van der Waals surface area contributed by atoms with Crippen LogP contribution in [0.3, 0.4) is 0 Å². The highest BCUT2D eigenvalue weighted by atomic mass is 16.6. The van der Waals surface area contributed by atoms with Gasteiger partial charge in [-0.1, -0.05) is 0 Å². The molecule has 9 nitrogen and oxygen atoms in total. The molecule has 2 N–H and O–H groups in total. The van der Waals surface area contributed by atoms with E-state index in [4.69, 9.17) is 0 Å². The van der Waals surface area contributed by atoms with E-state index in [1.54, 1.807) is 19.9 Å². The lowest BCUT2D eigenvalue weighted by atomic mass is 10.2. The molecule has 0 saturated carbocycles. The van der Waals surface area contributed by atoms with Crippen molar-refractivity contribution >= 4 is 11.6 Å². The van der Waals surface area contributed by atoms with Gasteiger partial charge in [-0.15, -0.1) is 0 Å². The van der Waals surface area contributed by atoms with E-state index < -0.39 is 22.1 Å². The summed E-state index contributed by atoms with van der Waals surface area (Å²) < 4.78 is 1.01. The van der Waals surface area contributed by atoms with Gasteiger partial charge in [-0.2, -0.15) is 5.10 Å². The molecular formula is C11H11N5O4. The number of nitro groups is 1. The molecule has 0 aliphatic heterocycles. The van der Waals surface area contributed by atoms with E-state index in [1.807, 2.05) is 0 Å². The zero-order valence-corrected chi connectivity index (χ0v) is 10.7. The Morgan fingerprint density at radius 3 is 2.75 bits per heavy atom. The third kappa shape index (κ3) is 2.41. The molecule has 0 bridgehead atoms. The summed E-state index contributed by atoms with van der Waals surface area (Å²) >= 11 is 0. The second-order valence-corrected chi connectivity index (χ2v) is 4.18. The lowest BCUT2D eigenvalue weighted by Gasteiger charge is -2.10. The van der Waals surface area contributed by atoms with Crippen molar-refractivity contribution in [3.63, 3.8) is 0 Å². The molecule has 104 valence electrons. The third-order valence-electron chi connectivity index (χ3n) is 2.62. The first-order valence-electron chi connectivity index (χ1n) is 5.59. The molecule has 0 unspecified atom stereocenters. The average Bonchev–Trinajstić information content (AvgIpc) is 2.82. The Labute approximate surface area is 112 Å². The largest absolute Gasteiger partial charge is 0.319 e. The summed E-state index contributed by atoms with van der Waals surface area (Å²) in [6.07, 6.45) is 0.930. The zero-order valence-electron chi connectivity index (χ0n) is 10.7. The van der Waals surface area contributed by atoms with Crippen LogP contribution in [0.1, 0.15) is 21.7 Å². The molecule has 0 fully saturated rings. The van der Waals surface area contributed by atoms with Crippen molar-refractivity contribution in [1.29, 1.82) is 0 Å². The second-order valence-electron chi connectivity index (χ2n) is 4.18. The van der Waals surface area contributed by atoms with Crippen LogP contribution in [-0.4, -0.2) is 25.7 Å². The van der Waals surface area contributed by atoms with Gasteiger partial charge in [0.05, 0.1) is 4.92 Å². The third-order valence-corrected chi connectivity index (χ3v) is 2.62. The molecule has 20 heavy (non-hydrogen) atoms. The number of amides is 1. The number of hydrogen-bond acceptors (Lipinski definition) is 5. The number of carbonyl (C=O) groups excluding carboxylic acids is 1. The summed E-state index contributed by atoms with van der Waals surface area (Å²) in [6.45, 7) is 3.39. The number of pyridine rings is 1. The highest BCUT2D eigenvalue weighted by Gasteiger charge is 2.23. The number of H-pyrrole nitrogens is 1. The van der Waals surface area contributed by atoms with Crippen LogP contribution in [0.15, 0.2) is 23.1 Å². The normalized spacial score (nSPS) is 10.3. The number of aromatic nitrogens is 3. The number of aromatic amines is 1. The first-order valence-corrected chi connectivity index (χ1v) is 5.59. The van der Waals surface area contributed by atoms with Crippen molar-refractivity contribution in [2.45, 2.75) is 13.8 Å². The molecule has 0 aliphatic carbocycles. The predicted octanol–water partition coefficient (Wildman–Crippen LogP) is 0.480. The van der Waals surface area contributed by atoms with Crippen molar-refractivity contribution < 1.29 is 9.72 Å². The second kappa shape index (κ2) is 4.96. The Bertz CT molecular complexity index is 746. The topological polar surface area (TPSA) is 123 Å². The molecule has 0 aliphatic rings. The predicted molar refractivity (Wildman–Crippen MR) is 69.1 cm³/mol. The Balaban J connectivity index is 2.36. The van der Waals surface area contributed by atoms with Gasteiger partial charge in [0.2, 0.25) is 5.69 Å². The zero-order chi connectivity index (χ0) is 14.9. The molecule has 0 spiro atoms. The van der Waals surface area contributed by atoms with Gasteiger partial charge >= 0.3 is 5.69 Å². The van der Waals surface area contributed by atoms with Crippen molar-refractivity contribution in [2.75, 3.05) is 5.43 Å². The number of carbonyl (C=O) groups is 1. The van der Waals surface area contributed by atoms with E-state index in [9.17, 15) is 19.7 Å². The maximum Gasteiger partial charge on any atom is 0.319 e. The van der Waals surface area contributed by atoms with Crippen LogP contribution < -0.4 is 11.0 Å². The van der Waals surface area contributed by atoms with Gasteiger partial charge in [-0.25, -0.2) is 4.68 Å². The van der Waals surface area contributed by atoms with E-state index in [0.29, 0.717) is 5.69 Å². The molecule has 2 heterocycles. The van der Waals surface area contributed by atoms with Gasteiger partial charge < -0.3 is 0 Å². The average molecular weight is 277 g/mol. The first kappa shape index (κ1) is 13.5. The quantitative estimate of drug-likeness (QED) is 0.624. The highest BCUT2D eigenvalue weighted by Crippen LogP contribution is 2.14. The van der Waals surface area contributed by atoms with Crippen LogP contribution in [-0.2, 0) is 0 Å². The molecular weight excluding hydrogens is 266 g/mol. The smallest absolute Gasteiger partial charge is 0.267 e. The fraction of sp³-hybridized carbons (Fsp3) is 0.182. The van der Waals surface area contributed by atoms with Gasteiger partial charge in [-0.05, 0) is 25.5 Å². The van der Waals surface area contributed by atoms with Gasteiger partial charge in [0.15, 0.2) is 0 Å². The minimum atomic E-state index is -0.816. The first-order chi connectivity index (χ1) is 9.40. The van der Waals surface area contributed by atoms with Crippen LogP contribution in [0.25, 0.3) is 0 Å². The Morgan fingerprint density at radius 1 is 1.45 bits per heavy atom. The van der Waals surface area contributed by atoms with Crippen LogP contribution in [0.5, 0.6) is 0 Å². The summed E-state index contributed by atoms with van der Waals surface area (Å²) in [5, 5.41) is 16.4. The number of hydrogen-bond donors (Lipinski definition) is 2. The molecule has 0 aromatic carbocycles. The molecule has 2 rings (SSSR count). The van der Waals surface area contributed by atoms with Crippen LogP contribution in [0, 0.1) is 24.0 Å². The summed E-state index contributed by atoms with van der Waals surface area (Å²) in [7, 11) is 0. The summed E-state index contributed by atoms with van der Waals surface area (Å²) in [4.78, 5) is 33.7. The van der Waals surface area contributed by atoms with Gasteiger partial charge in [0, 0.05) is 11.8 Å². The SMILES string of the molecule is Cc1cc(C)n(NC(=O)c2[nH]ncc2[N+](=O)[O-])c(=O)c1. The number of nitrogens with zero attached hydrogens (tertiary/aromatic N) is 3. The molecule has 2 aromatic heterocycles. The Hall–Kier alpha value is -2.97. The van der Waals surface area contributed by atoms with Crippen molar-refractivity contribution in [2.24, 2.45) is 0 Å². The van der Waals surface area contributed by atoms with Gasteiger partial charge in [0.1, 0.15) is 6.20 Å². The van der Waals surface area contributed by atoms with E-state index in [1.165, 1.54) is 6.07 Å². The minimum absolute atomic E-state index is 0.318. The molecule has 0 saturated heterocycles. The number of rotatable bonds is 3. The number of nitrogens with one attached hydrogen (secondary N) is 2. The lowest BCUT2D eigenvalue weighted by Crippen LogP contribution is -2.34. The van der Waals surface area contributed by atoms with Crippen LogP contribution in [0.2, 0.25) is 0 Å². The van der Waals surface area contributed by atoms with Crippen molar-refractivity contribution in [3.05, 3.63) is 55.7 Å². The standard InChI is InChI=1S/C11H11N5O4/c1-6-3-7(2)15(9(17)4-6)14-11(18)10-8(16(19)20)5-12-13-10/h3-5H,1-2H3,(H,12,13)(H,14,18). The fourth-order valence-electron chi connectivity index (χ4n) is 1.75. The molecule has 0 radical (unpaired) electrons. The van der Waals surface area contributed by atoms with E-state index in [-0.39, 0.29) is 5.69 Å². The van der Waals surface area contributed by atoms with E-state index in [2.05, 4.69) is 15.6 Å². The van der Waals surface area contributed by atoms with Crippen molar-refractivity contribution in [1.82, 2.24) is 14.9 Å². The van der Waals surface area contributed by atoms with Gasteiger partial charge in [-0.3, -0.25) is 30.2 Å². The summed E-state index contributed by atoms with van der Waals surface area (Å²) in [5.74, 6) is -0.816. The number of aryl methyl sites for hydroxylation is 2. The Morgan fingerprint density at radius 2 is 2.15 bits per heavy atom. The summed E-state index contributed by atoms with van der Waals surface area (Å²) in [5.41, 5.74) is 2.34. The monoisotopic (exact) mass is 277 g/mol. The van der Waals surface area contributed by atoms with Gasteiger partial charge in [0.25, 0.3) is 11.5 Å². The van der Waals surface area contributed by atoms with Crippen LogP contribution >= 0.6 is 0 Å². The summed E-state index contributed by atoms with van der Waals surface area (Å²) in [6, 6.07) is 3.04. The molecule has 0 atom stereocenters. The van der Waals surface area contributed by atoms with Crippen LogP contribution in [0.4, 0.5) is 5.69 Å². The lowest BCUT2D eigenvalue weighted by molar-refractivity contribution is -0.385. The highest BCUT2D eigenvalue weighted by molar-refractivity contribution is 6.01. The maximum atomic E-state index is 11.9. The van der Waals surface area contributed by atoms with Crippen molar-refractivity contribution in [3.8, 4) is 0 Å². The van der Waals surface area contributed by atoms with E-state index in [0.717, 1.165) is 16.4 Å². The minimum Gasteiger partial charge on any atom is -0.267 e. The maximum absolute atomic E-state index is 11.9. The fourth-order valence-corrected chi connectivity index (χ4v) is 1.75. The molecule has 1 amide bonds. The Kier molecular flexibility index (Phi) is 3.34. The van der Waals surface area contributed by atoms with E-state index >= 15 is 0 Å². The molecule has 2 aromatic rings.